The molecule has 2 nitrogen and oxygen atoms in total. The minimum atomic E-state index is -6.48. The van der Waals surface area contributed by atoms with Gasteiger partial charge < -0.3 is 5.11 Å². The van der Waals surface area contributed by atoms with Gasteiger partial charge in [-0.25, -0.2) is 0 Å². The van der Waals surface area contributed by atoms with Gasteiger partial charge in [0.2, 0.25) is 0 Å². The third-order valence-electron chi connectivity index (χ3n) is 4.38. The standard InChI is InChI=1S/C18H24F7NO/c1-11(2)8-13-6-5-7-14(9-12(3)4)26(13)10-15(27)16(19,20)17(21,22)18(23,24)25/h5-6,13-15,27H,1,3,7-10H2,2,4H3/t13-,14-,15?/m1/s1. The van der Waals surface area contributed by atoms with E-state index in [1.165, 1.54) is 4.90 Å². The molecule has 0 saturated carbocycles. The summed E-state index contributed by atoms with van der Waals surface area (Å²) in [6.45, 7) is 9.76. The number of β-amino-alcohol motifs (C(OH)–C–C–N with tert-alkyl or cyclic N) is 1. The van der Waals surface area contributed by atoms with Gasteiger partial charge in [0.1, 0.15) is 6.10 Å². The lowest BCUT2D eigenvalue weighted by Crippen LogP contribution is -2.61. The maximum absolute atomic E-state index is 13.8. The molecule has 0 bridgehead atoms. The first-order chi connectivity index (χ1) is 12.1. The molecule has 0 aromatic heterocycles. The Morgan fingerprint density at radius 2 is 1.59 bits per heavy atom. The van der Waals surface area contributed by atoms with E-state index in [4.69, 9.17) is 0 Å². The van der Waals surface area contributed by atoms with Gasteiger partial charge in [0.25, 0.3) is 0 Å². The molecule has 1 unspecified atom stereocenters. The number of halogens is 7. The molecular formula is C18H24F7NO. The fourth-order valence-electron chi connectivity index (χ4n) is 3.05. The minimum absolute atomic E-state index is 0.289. The minimum Gasteiger partial charge on any atom is -0.385 e. The summed E-state index contributed by atoms with van der Waals surface area (Å²) in [5, 5.41) is 9.69. The molecule has 0 amide bonds. The highest BCUT2D eigenvalue weighted by molar-refractivity contribution is 5.11. The molecular weight excluding hydrogens is 379 g/mol. The van der Waals surface area contributed by atoms with Gasteiger partial charge in [-0.05, 0) is 33.1 Å². The number of rotatable bonds is 8. The quantitative estimate of drug-likeness (QED) is 0.450. The summed E-state index contributed by atoms with van der Waals surface area (Å²) in [7, 11) is 0. The Balaban J connectivity index is 3.14. The monoisotopic (exact) mass is 403 g/mol. The van der Waals surface area contributed by atoms with E-state index in [0.717, 1.165) is 0 Å². The van der Waals surface area contributed by atoms with Gasteiger partial charge in [0.15, 0.2) is 0 Å². The average Bonchev–Trinajstić information content (AvgIpc) is 2.47. The van der Waals surface area contributed by atoms with Crippen LogP contribution in [0.25, 0.3) is 0 Å². The Morgan fingerprint density at radius 1 is 1.07 bits per heavy atom. The molecule has 0 spiro atoms. The predicted octanol–water partition coefficient (Wildman–Crippen LogP) is 5.11. The van der Waals surface area contributed by atoms with Crippen molar-refractivity contribution in [2.45, 2.75) is 69.3 Å². The van der Waals surface area contributed by atoms with Crippen LogP contribution in [0, 0.1) is 0 Å². The van der Waals surface area contributed by atoms with Crippen LogP contribution >= 0.6 is 0 Å². The van der Waals surface area contributed by atoms with Crippen molar-refractivity contribution >= 4 is 0 Å². The first-order valence-electron chi connectivity index (χ1n) is 8.32. The molecule has 0 aromatic carbocycles. The van der Waals surface area contributed by atoms with E-state index in [1.54, 1.807) is 26.0 Å². The first kappa shape index (κ1) is 23.7. The van der Waals surface area contributed by atoms with E-state index >= 15 is 0 Å². The van der Waals surface area contributed by atoms with Crippen molar-refractivity contribution in [2.24, 2.45) is 0 Å². The number of alkyl halides is 7. The highest BCUT2D eigenvalue weighted by Gasteiger charge is 2.75. The number of nitrogens with zero attached hydrogens (tertiary/aromatic N) is 1. The summed E-state index contributed by atoms with van der Waals surface area (Å²) < 4.78 is 91.2. The second-order valence-corrected chi connectivity index (χ2v) is 7.12. The average molecular weight is 403 g/mol. The van der Waals surface area contributed by atoms with Crippen LogP contribution in [0.15, 0.2) is 36.5 Å². The van der Waals surface area contributed by atoms with Gasteiger partial charge in [-0.15, -0.1) is 13.2 Å². The third-order valence-corrected chi connectivity index (χ3v) is 4.38. The molecule has 0 aromatic rings. The molecule has 0 radical (unpaired) electrons. The smallest absolute Gasteiger partial charge is 0.385 e. The Hall–Kier alpha value is -1.35. The maximum atomic E-state index is 13.8. The second-order valence-electron chi connectivity index (χ2n) is 7.12. The topological polar surface area (TPSA) is 23.5 Å². The highest BCUT2D eigenvalue weighted by atomic mass is 19.4. The summed E-state index contributed by atoms with van der Waals surface area (Å²) in [6, 6.07) is -1.01. The largest absolute Gasteiger partial charge is 0.459 e. The zero-order valence-corrected chi connectivity index (χ0v) is 15.2. The number of hydrogen-bond donors (Lipinski definition) is 1. The first-order valence-corrected chi connectivity index (χ1v) is 8.32. The molecule has 27 heavy (non-hydrogen) atoms. The molecule has 3 atom stereocenters. The lowest BCUT2D eigenvalue weighted by Gasteiger charge is -2.42. The molecule has 1 rings (SSSR count). The molecule has 156 valence electrons. The van der Waals surface area contributed by atoms with Gasteiger partial charge >= 0.3 is 18.0 Å². The fraction of sp³-hybridized carbons (Fsp3) is 0.667. The lowest BCUT2D eigenvalue weighted by molar-refractivity contribution is -0.371. The SMILES string of the molecule is C=C(C)C[C@H]1CC=C[C@H](CC(=C)C)N1CC(O)C(F)(F)C(F)(F)C(F)(F)F. The molecule has 9 heteroatoms. The zero-order valence-electron chi connectivity index (χ0n) is 15.2. The molecule has 1 aliphatic heterocycles. The van der Waals surface area contributed by atoms with E-state index < -0.39 is 42.8 Å². The van der Waals surface area contributed by atoms with Gasteiger partial charge in [-0.2, -0.15) is 30.7 Å². The van der Waals surface area contributed by atoms with E-state index in [1.807, 2.05) is 0 Å². The Kier molecular flexibility index (Phi) is 7.32. The summed E-state index contributed by atoms with van der Waals surface area (Å²) in [6.07, 6.45) is -5.27. The van der Waals surface area contributed by atoms with Crippen LogP contribution < -0.4 is 0 Å². The second kappa shape index (κ2) is 8.34. The normalized spacial score (nSPS) is 23.3. The van der Waals surface area contributed by atoms with Gasteiger partial charge in [0, 0.05) is 18.6 Å². The van der Waals surface area contributed by atoms with Crippen molar-refractivity contribution in [3.8, 4) is 0 Å². The van der Waals surface area contributed by atoms with Crippen molar-refractivity contribution in [3.05, 3.63) is 36.5 Å². The van der Waals surface area contributed by atoms with Crippen LogP contribution in [-0.2, 0) is 0 Å². The molecule has 0 saturated heterocycles. The zero-order chi connectivity index (χ0) is 21.2. The fourth-order valence-corrected chi connectivity index (χ4v) is 3.05. The van der Waals surface area contributed by atoms with E-state index in [0.29, 0.717) is 24.0 Å². The predicted molar refractivity (Wildman–Crippen MR) is 88.9 cm³/mol. The summed E-state index contributed by atoms with van der Waals surface area (Å²) in [5.74, 6) is -12.0. The molecule has 1 heterocycles. The van der Waals surface area contributed by atoms with Crippen molar-refractivity contribution in [1.29, 1.82) is 0 Å². The van der Waals surface area contributed by atoms with E-state index in [2.05, 4.69) is 13.2 Å². The van der Waals surface area contributed by atoms with Crippen LogP contribution in [-0.4, -0.2) is 52.8 Å². The van der Waals surface area contributed by atoms with Gasteiger partial charge in [0.05, 0.1) is 0 Å². The van der Waals surface area contributed by atoms with Crippen molar-refractivity contribution in [1.82, 2.24) is 4.90 Å². The number of hydrogen-bond acceptors (Lipinski definition) is 2. The molecule has 1 aliphatic rings. The Bertz CT molecular complexity index is 583. The van der Waals surface area contributed by atoms with Crippen LogP contribution in [0.5, 0.6) is 0 Å². The highest BCUT2D eigenvalue weighted by Crippen LogP contribution is 2.48. The van der Waals surface area contributed by atoms with Crippen LogP contribution in [0.1, 0.15) is 33.1 Å². The van der Waals surface area contributed by atoms with Crippen molar-refractivity contribution in [2.75, 3.05) is 6.54 Å². The summed E-state index contributed by atoms with van der Waals surface area (Å²) >= 11 is 0. The molecule has 1 N–H and O–H groups in total. The van der Waals surface area contributed by atoms with Crippen LogP contribution in [0.4, 0.5) is 30.7 Å². The number of aliphatic hydroxyl groups excluding tert-OH is 1. The number of aliphatic hydroxyl groups is 1. The third kappa shape index (κ3) is 5.34. The van der Waals surface area contributed by atoms with Crippen LogP contribution in [0.3, 0.4) is 0 Å². The summed E-state index contributed by atoms with van der Waals surface area (Å²) in [4.78, 5) is 1.33. The van der Waals surface area contributed by atoms with E-state index in [9.17, 15) is 35.8 Å². The van der Waals surface area contributed by atoms with Crippen molar-refractivity contribution in [3.63, 3.8) is 0 Å². The van der Waals surface area contributed by atoms with Crippen molar-refractivity contribution < 1.29 is 35.8 Å². The summed E-state index contributed by atoms with van der Waals surface area (Å²) in [5.41, 5.74) is 1.36. The maximum Gasteiger partial charge on any atom is 0.459 e. The van der Waals surface area contributed by atoms with Gasteiger partial charge in [-0.3, -0.25) is 4.90 Å². The Morgan fingerprint density at radius 3 is 2.04 bits per heavy atom. The lowest BCUT2D eigenvalue weighted by atomic mass is 9.92. The Labute approximate surface area is 154 Å². The molecule has 0 aliphatic carbocycles. The van der Waals surface area contributed by atoms with E-state index in [-0.39, 0.29) is 6.42 Å². The van der Waals surface area contributed by atoms with Gasteiger partial charge in [-0.1, -0.05) is 23.3 Å². The van der Waals surface area contributed by atoms with Crippen LogP contribution in [0.2, 0.25) is 0 Å². The molecule has 0 fully saturated rings.